The van der Waals surface area contributed by atoms with Gasteiger partial charge in [0.15, 0.2) is 0 Å². The summed E-state index contributed by atoms with van der Waals surface area (Å²) in [5, 5.41) is 6.57. The monoisotopic (exact) mass is 436 g/mol. The Bertz CT molecular complexity index is 1140. The van der Waals surface area contributed by atoms with E-state index in [1.54, 1.807) is 6.20 Å². The first kappa shape index (κ1) is 20.2. The van der Waals surface area contributed by atoms with Gasteiger partial charge in [0.1, 0.15) is 15.2 Å². The van der Waals surface area contributed by atoms with Crippen LogP contribution in [0.2, 0.25) is 0 Å². The van der Waals surface area contributed by atoms with E-state index in [1.807, 2.05) is 14.0 Å². The molecular weight excluding hydrogens is 408 g/mol. The lowest BCUT2D eigenvalue weighted by atomic mass is 9.87. The number of amides is 1. The highest BCUT2D eigenvalue weighted by Crippen LogP contribution is 2.32. The first-order chi connectivity index (χ1) is 15.0. The van der Waals surface area contributed by atoms with Crippen molar-refractivity contribution in [3.63, 3.8) is 0 Å². The molecule has 0 saturated carbocycles. The van der Waals surface area contributed by atoms with E-state index in [2.05, 4.69) is 43.7 Å². The van der Waals surface area contributed by atoms with Gasteiger partial charge < -0.3 is 21.3 Å². The minimum Gasteiger partial charge on any atom is -0.396 e. The maximum Gasteiger partial charge on any atom is 0.263 e. The Labute approximate surface area is 186 Å². The van der Waals surface area contributed by atoms with Gasteiger partial charge >= 0.3 is 0 Å². The van der Waals surface area contributed by atoms with Gasteiger partial charge in [0, 0.05) is 37.1 Å². The van der Waals surface area contributed by atoms with Crippen LogP contribution in [0, 0.1) is 6.92 Å². The molecule has 4 N–H and O–H groups in total. The first-order valence-corrected chi connectivity index (χ1v) is 11.7. The zero-order valence-corrected chi connectivity index (χ0v) is 18.8. The van der Waals surface area contributed by atoms with Gasteiger partial charge in [-0.3, -0.25) is 4.79 Å². The van der Waals surface area contributed by atoms with Crippen LogP contribution in [0.1, 0.15) is 39.3 Å². The highest BCUT2D eigenvalue weighted by Gasteiger charge is 2.26. The molecule has 0 bridgehead atoms. The van der Waals surface area contributed by atoms with Crippen LogP contribution in [-0.2, 0) is 12.8 Å². The average Bonchev–Trinajstić information content (AvgIpc) is 3.38. The van der Waals surface area contributed by atoms with E-state index < -0.39 is 0 Å². The zero-order chi connectivity index (χ0) is 21.5. The van der Waals surface area contributed by atoms with Crippen LogP contribution < -0.4 is 21.3 Å². The van der Waals surface area contributed by atoms with Crippen molar-refractivity contribution in [3.05, 3.63) is 46.1 Å². The van der Waals surface area contributed by atoms with Gasteiger partial charge in [-0.25, -0.2) is 9.97 Å². The largest absolute Gasteiger partial charge is 0.396 e. The van der Waals surface area contributed by atoms with Gasteiger partial charge in [0.05, 0.1) is 11.4 Å². The average molecular weight is 437 g/mol. The molecule has 1 aromatic carbocycles. The van der Waals surface area contributed by atoms with Crippen molar-refractivity contribution in [1.29, 1.82) is 0 Å². The number of benzene rings is 1. The van der Waals surface area contributed by atoms with Gasteiger partial charge in [-0.05, 0) is 62.9 Å². The number of aromatic nitrogens is 2. The van der Waals surface area contributed by atoms with Crippen LogP contribution in [0.25, 0.3) is 10.3 Å². The van der Waals surface area contributed by atoms with E-state index in [9.17, 15) is 4.79 Å². The third-order valence-corrected chi connectivity index (χ3v) is 7.57. The Kier molecular flexibility index (Phi) is 5.27. The fourth-order valence-electron chi connectivity index (χ4n) is 4.68. The third kappa shape index (κ3) is 3.85. The number of hydrogen-bond acceptors (Lipinski definition) is 7. The van der Waals surface area contributed by atoms with Crippen LogP contribution in [0.4, 0.5) is 11.4 Å². The summed E-state index contributed by atoms with van der Waals surface area (Å²) < 4.78 is 0. The molecule has 2 aliphatic rings. The molecule has 3 heterocycles. The summed E-state index contributed by atoms with van der Waals surface area (Å²) in [6.45, 7) is 4.05. The summed E-state index contributed by atoms with van der Waals surface area (Å²) >= 11 is 1.32. The van der Waals surface area contributed by atoms with Gasteiger partial charge in [-0.1, -0.05) is 6.07 Å². The molecule has 2 aromatic heterocycles. The highest BCUT2D eigenvalue weighted by molar-refractivity contribution is 7.21. The summed E-state index contributed by atoms with van der Waals surface area (Å²) in [7, 11) is 2.04. The number of carbonyl (C=O) groups is 1. The van der Waals surface area contributed by atoms with Crippen LogP contribution in [-0.4, -0.2) is 48.1 Å². The van der Waals surface area contributed by atoms with E-state index in [0.29, 0.717) is 27.0 Å². The van der Waals surface area contributed by atoms with E-state index in [4.69, 9.17) is 5.73 Å². The maximum absolute atomic E-state index is 12.9. The molecule has 7 nitrogen and oxygen atoms in total. The minimum atomic E-state index is -0.125. The third-order valence-electron chi connectivity index (χ3n) is 6.48. The molecule has 1 aliphatic carbocycles. The molecule has 3 aromatic rings. The molecule has 0 unspecified atom stereocenters. The SMILES string of the molecule is CN[C@H]1CCN(c2ccc3c(c2)CC[C@@H](NC(=O)c2sc4nc(C)cnc4c2N)C3)C1. The molecule has 8 heteroatoms. The fraction of sp³-hybridized carbons (Fsp3) is 0.435. The Morgan fingerprint density at radius 1 is 1.26 bits per heavy atom. The van der Waals surface area contributed by atoms with Crippen molar-refractivity contribution in [3.8, 4) is 0 Å². The molecule has 1 aliphatic heterocycles. The maximum atomic E-state index is 12.9. The van der Waals surface area contributed by atoms with Gasteiger partial charge in [0.2, 0.25) is 0 Å². The number of nitrogens with one attached hydrogen (secondary N) is 2. The predicted molar refractivity (Wildman–Crippen MR) is 126 cm³/mol. The Morgan fingerprint density at radius 2 is 2.13 bits per heavy atom. The summed E-state index contributed by atoms with van der Waals surface area (Å²) in [4.78, 5) is 25.4. The summed E-state index contributed by atoms with van der Waals surface area (Å²) in [6, 6.07) is 7.49. The molecule has 31 heavy (non-hydrogen) atoms. The highest BCUT2D eigenvalue weighted by atomic mass is 32.1. The second-order valence-electron chi connectivity index (χ2n) is 8.60. The number of nitrogens with zero attached hydrogens (tertiary/aromatic N) is 3. The summed E-state index contributed by atoms with van der Waals surface area (Å²) in [6.07, 6.45) is 5.62. The molecule has 5 rings (SSSR count). The lowest BCUT2D eigenvalue weighted by Crippen LogP contribution is -2.38. The molecule has 1 saturated heterocycles. The summed E-state index contributed by atoms with van der Waals surface area (Å²) in [5.41, 5.74) is 12.1. The zero-order valence-electron chi connectivity index (χ0n) is 17.9. The number of nitrogen functional groups attached to an aromatic ring is 1. The number of aryl methyl sites for hydroxylation is 2. The van der Waals surface area contributed by atoms with Crippen LogP contribution >= 0.6 is 11.3 Å². The van der Waals surface area contributed by atoms with E-state index in [-0.39, 0.29) is 11.9 Å². The number of fused-ring (bicyclic) bond motifs is 2. The second kappa shape index (κ2) is 8.09. The van der Waals surface area contributed by atoms with Crippen LogP contribution in [0.15, 0.2) is 24.4 Å². The molecule has 0 spiro atoms. The number of thiophene rings is 1. The number of anilines is 2. The molecule has 1 fully saturated rings. The molecule has 0 radical (unpaired) electrons. The molecule has 162 valence electrons. The van der Waals surface area contributed by atoms with E-state index in [1.165, 1.54) is 34.6 Å². The lowest BCUT2D eigenvalue weighted by Gasteiger charge is -2.27. The Balaban J connectivity index is 1.28. The van der Waals surface area contributed by atoms with E-state index in [0.717, 1.165) is 38.0 Å². The van der Waals surface area contributed by atoms with Crippen molar-refractivity contribution < 1.29 is 4.79 Å². The smallest absolute Gasteiger partial charge is 0.263 e. The van der Waals surface area contributed by atoms with Crippen LogP contribution in [0.3, 0.4) is 0 Å². The number of hydrogen-bond donors (Lipinski definition) is 3. The van der Waals surface area contributed by atoms with Gasteiger partial charge in [0.25, 0.3) is 5.91 Å². The van der Waals surface area contributed by atoms with Gasteiger partial charge in [-0.2, -0.15) is 0 Å². The van der Waals surface area contributed by atoms with Crippen LogP contribution in [0.5, 0.6) is 0 Å². The minimum absolute atomic E-state index is 0.110. The quantitative estimate of drug-likeness (QED) is 0.582. The van der Waals surface area contributed by atoms with Crippen molar-refractivity contribution in [1.82, 2.24) is 20.6 Å². The van der Waals surface area contributed by atoms with Crippen molar-refractivity contribution in [2.75, 3.05) is 30.8 Å². The first-order valence-electron chi connectivity index (χ1n) is 10.9. The second-order valence-corrected chi connectivity index (χ2v) is 9.60. The van der Waals surface area contributed by atoms with Gasteiger partial charge in [-0.15, -0.1) is 11.3 Å². The number of rotatable bonds is 4. The molecule has 1 amide bonds. The molecular formula is C23H28N6OS. The number of nitrogens with two attached hydrogens (primary N) is 1. The topological polar surface area (TPSA) is 96.2 Å². The van der Waals surface area contributed by atoms with Crippen molar-refractivity contribution in [2.45, 2.75) is 44.7 Å². The standard InChI is InChI=1S/C23H28N6OS/c1-13-11-26-20-19(24)21(31-23(20)27-13)22(30)28-16-5-3-15-10-18(6-4-14(15)9-16)29-8-7-17(12-29)25-2/h4,6,10-11,16-17,25H,3,5,7-9,12,24H2,1-2H3,(H,28,30)/t16-,17+/m1/s1. The van der Waals surface area contributed by atoms with Crippen molar-refractivity contribution in [2.24, 2.45) is 0 Å². The Morgan fingerprint density at radius 3 is 2.94 bits per heavy atom. The lowest BCUT2D eigenvalue weighted by molar-refractivity contribution is 0.0938. The van der Waals surface area contributed by atoms with Crippen molar-refractivity contribution >= 4 is 39.0 Å². The predicted octanol–water partition coefficient (Wildman–Crippen LogP) is 2.67. The number of carbonyl (C=O) groups excluding carboxylic acids is 1. The normalized spacial score (nSPS) is 20.8. The van der Waals surface area contributed by atoms with E-state index >= 15 is 0 Å². The number of likely N-dealkylation sites (N-methyl/N-ethyl adjacent to an activating group) is 1. The molecule has 2 atom stereocenters. The summed E-state index contributed by atoms with van der Waals surface area (Å²) in [5.74, 6) is -0.125. The fourth-order valence-corrected chi connectivity index (χ4v) is 5.68. The Hall–Kier alpha value is -2.71.